The highest BCUT2D eigenvalue weighted by atomic mass is 35.5. The van der Waals surface area contributed by atoms with Crippen LogP contribution in [0.1, 0.15) is 16.7 Å². The number of nitrogens with zero attached hydrogens (tertiary/aromatic N) is 1. The molecular formula is C23H18Cl3N3O3. The minimum Gasteiger partial charge on any atom is -0.489 e. The summed E-state index contributed by atoms with van der Waals surface area (Å²) in [5.74, 6) is -1.11. The van der Waals surface area contributed by atoms with Crippen LogP contribution in [-0.2, 0) is 22.7 Å². The zero-order chi connectivity index (χ0) is 22.9. The van der Waals surface area contributed by atoms with Crippen LogP contribution in [0.5, 0.6) is 5.75 Å². The standard InChI is InChI=1S/C23H18Cl3N3O3/c24-17-9-7-15(8-10-17)12-27-22(30)23(31)29-28-13-16-3-1-4-18(11-16)32-14-19-20(25)5-2-6-21(19)26/h1-11,13H,12,14H2,(H,27,30)(H,29,31)/b28-13-. The average Bonchev–Trinajstić information content (AvgIpc) is 2.78. The van der Waals surface area contributed by atoms with Crippen molar-refractivity contribution in [2.75, 3.05) is 0 Å². The first kappa shape index (κ1) is 23.6. The summed E-state index contributed by atoms with van der Waals surface area (Å²) in [5, 5.41) is 7.96. The molecule has 0 unspecified atom stereocenters. The fraction of sp³-hybridized carbons (Fsp3) is 0.0870. The SMILES string of the molecule is O=C(NCc1ccc(Cl)cc1)C(=O)N/N=C\c1cccc(OCc2c(Cl)cccc2Cl)c1. The number of carbonyl (C=O) groups excluding carboxylic acids is 2. The summed E-state index contributed by atoms with van der Waals surface area (Å²) >= 11 is 18.1. The lowest BCUT2D eigenvalue weighted by Gasteiger charge is -2.09. The Hall–Kier alpha value is -3.06. The molecule has 0 aliphatic rings. The van der Waals surface area contributed by atoms with E-state index in [1.165, 1.54) is 6.21 Å². The maximum Gasteiger partial charge on any atom is 0.329 e. The Balaban J connectivity index is 1.50. The van der Waals surface area contributed by atoms with Gasteiger partial charge in [0.15, 0.2) is 0 Å². The summed E-state index contributed by atoms with van der Waals surface area (Å²) in [4.78, 5) is 23.8. The number of hydrazone groups is 1. The van der Waals surface area contributed by atoms with E-state index in [9.17, 15) is 9.59 Å². The van der Waals surface area contributed by atoms with Gasteiger partial charge in [0.2, 0.25) is 0 Å². The van der Waals surface area contributed by atoms with Crippen molar-refractivity contribution in [3.05, 3.63) is 98.5 Å². The summed E-state index contributed by atoms with van der Waals surface area (Å²) < 4.78 is 5.75. The van der Waals surface area contributed by atoms with E-state index in [1.54, 1.807) is 66.7 Å². The Labute approximate surface area is 200 Å². The quantitative estimate of drug-likeness (QED) is 0.278. The van der Waals surface area contributed by atoms with Gasteiger partial charge in [-0.15, -0.1) is 0 Å². The second-order valence-electron chi connectivity index (χ2n) is 6.57. The summed E-state index contributed by atoms with van der Waals surface area (Å²) in [6.45, 7) is 0.394. The van der Waals surface area contributed by atoms with Crippen molar-refractivity contribution in [1.29, 1.82) is 0 Å². The Morgan fingerprint density at radius 2 is 1.59 bits per heavy atom. The van der Waals surface area contributed by atoms with Crippen molar-refractivity contribution in [1.82, 2.24) is 10.7 Å². The number of hydrogen-bond acceptors (Lipinski definition) is 4. The highest BCUT2D eigenvalue weighted by molar-refractivity contribution is 6.36. The van der Waals surface area contributed by atoms with Crippen molar-refractivity contribution in [3.8, 4) is 5.75 Å². The first-order valence-electron chi connectivity index (χ1n) is 9.44. The Morgan fingerprint density at radius 1 is 0.906 bits per heavy atom. The molecule has 0 saturated heterocycles. The first-order valence-corrected chi connectivity index (χ1v) is 10.6. The van der Waals surface area contributed by atoms with Crippen molar-refractivity contribution in [2.45, 2.75) is 13.2 Å². The van der Waals surface area contributed by atoms with Crippen molar-refractivity contribution >= 4 is 52.8 Å². The van der Waals surface area contributed by atoms with Gasteiger partial charge in [0.1, 0.15) is 12.4 Å². The third-order valence-electron chi connectivity index (χ3n) is 4.26. The van der Waals surface area contributed by atoms with Gasteiger partial charge >= 0.3 is 11.8 Å². The highest BCUT2D eigenvalue weighted by Crippen LogP contribution is 2.26. The molecule has 3 aromatic carbocycles. The highest BCUT2D eigenvalue weighted by Gasteiger charge is 2.12. The third-order valence-corrected chi connectivity index (χ3v) is 5.22. The number of amides is 2. The van der Waals surface area contributed by atoms with Crippen molar-refractivity contribution in [2.24, 2.45) is 5.10 Å². The van der Waals surface area contributed by atoms with Gasteiger partial charge in [-0.3, -0.25) is 9.59 Å². The molecule has 3 aromatic rings. The van der Waals surface area contributed by atoms with E-state index in [0.717, 1.165) is 5.56 Å². The molecule has 0 fully saturated rings. The normalized spacial score (nSPS) is 10.7. The lowest BCUT2D eigenvalue weighted by Crippen LogP contribution is -2.37. The second-order valence-corrected chi connectivity index (χ2v) is 7.82. The molecular weight excluding hydrogens is 473 g/mol. The maximum atomic E-state index is 11.9. The molecule has 0 atom stereocenters. The van der Waals surface area contributed by atoms with Gasteiger partial charge in [-0.25, -0.2) is 5.43 Å². The van der Waals surface area contributed by atoms with Gasteiger partial charge in [0, 0.05) is 27.2 Å². The van der Waals surface area contributed by atoms with Gasteiger partial charge in [-0.1, -0.05) is 65.1 Å². The molecule has 0 spiro atoms. The maximum absolute atomic E-state index is 11.9. The van der Waals surface area contributed by atoms with Crippen LogP contribution < -0.4 is 15.5 Å². The van der Waals surface area contributed by atoms with E-state index in [2.05, 4.69) is 15.8 Å². The minimum absolute atomic E-state index is 0.196. The van der Waals surface area contributed by atoms with Crippen LogP contribution in [0.4, 0.5) is 0 Å². The van der Waals surface area contributed by atoms with E-state index in [4.69, 9.17) is 39.5 Å². The van der Waals surface area contributed by atoms with Crippen LogP contribution in [0.2, 0.25) is 15.1 Å². The van der Waals surface area contributed by atoms with E-state index < -0.39 is 11.8 Å². The number of ether oxygens (including phenoxy) is 1. The molecule has 2 N–H and O–H groups in total. The monoisotopic (exact) mass is 489 g/mol. The van der Waals surface area contributed by atoms with Gasteiger partial charge in [-0.05, 0) is 47.5 Å². The summed E-state index contributed by atoms with van der Waals surface area (Å²) in [6, 6.07) is 19.2. The fourth-order valence-corrected chi connectivity index (χ4v) is 3.22. The predicted molar refractivity (Wildman–Crippen MR) is 126 cm³/mol. The van der Waals surface area contributed by atoms with Gasteiger partial charge in [-0.2, -0.15) is 5.10 Å². The summed E-state index contributed by atoms with van der Waals surface area (Å²) in [7, 11) is 0. The molecule has 164 valence electrons. The van der Waals surface area contributed by atoms with Gasteiger partial charge < -0.3 is 10.1 Å². The Morgan fingerprint density at radius 3 is 2.31 bits per heavy atom. The third kappa shape index (κ3) is 6.99. The Bertz CT molecular complexity index is 1110. The molecule has 2 amide bonds. The van der Waals surface area contributed by atoms with Crippen molar-refractivity contribution < 1.29 is 14.3 Å². The van der Waals surface area contributed by atoms with Gasteiger partial charge in [0.25, 0.3) is 0 Å². The zero-order valence-corrected chi connectivity index (χ0v) is 18.9. The molecule has 0 bridgehead atoms. The van der Waals surface area contributed by atoms with Crippen LogP contribution in [0.15, 0.2) is 71.8 Å². The van der Waals surface area contributed by atoms with Crippen LogP contribution in [-0.4, -0.2) is 18.0 Å². The summed E-state index contributed by atoms with van der Waals surface area (Å²) in [5.41, 5.74) is 4.35. The van der Waals surface area contributed by atoms with E-state index in [0.29, 0.717) is 31.9 Å². The fourth-order valence-electron chi connectivity index (χ4n) is 2.59. The molecule has 0 aromatic heterocycles. The predicted octanol–water partition coefficient (Wildman–Crippen LogP) is 4.99. The number of halogens is 3. The molecule has 6 nitrogen and oxygen atoms in total. The molecule has 9 heteroatoms. The number of nitrogens with one attached hydrogen (secondary N) is 2. The molecule has 32 heavy (non-hydrogen) atoms. The lowest BCUT2D eigenvalue weighted by molar-refractivity contribution is -0.139. The number of carbonyl (C=O) groups is 2. The molecule has 0 aliphatic carbocycles. The molecule has 0 aliphatic heterocycles. The van der Waals surface area contributed by atoms with E-state index >= 15 is 0 Å². The second kappa shape index (κ2) is 11.5. The number of hydrogen-bond donors (Lipinski definition) is 2. The van der Waals surface area contributed by atoms with Crippen LogP contribution in [0.3, 0.4) is 0 Å². The minimum atomic E-state index is -0.879. The average molecular weight is 491 g/mol. The van der Waals surface area contributed by atoms with Crippen LogP contribution in [0.25, 0.3) is 0 Å². The Kier molecular flexibility index (Phi) is 8.50. The molecule has 0 saturated carbocycles. The summed E-state index contributed by atoms with van der Waals surface area (Å²) in [6.07, 6.45) is 1.40. The van der Waals surface area contributed by atoms with Crippen molar-refractivity contribution in [3.63, 3.8) is 0 Å². The van der Waals surface area contributed by atoms with Crippen LogP contribution in [0, 0.1) is 0 Å². The molecule has 0 heterocycles. The first-order chi connectivity index (χ1) is 15.4. The largest absolute Gasteiger partial charge is 0.489 e. The smallest absolute Gasteiger partial charge is 0.329 e. The molecule has 0 radical (unpaired) electrons. The van der Waals surface area contributed by atoms with Gasteiger partial charge in [0.05, 0.1) is 6.21 Å². The zero-order valence-electron chi connectivity index (χ0n) is 16.6. The topological polar surface area (TPSA) is 79.8 Å². The van der Waals surface area contributed by atoms with E-state index in [-0.39, 0.29) is 13.2 Å². The number of rotatable bonds is 7. The molecule has 3 rings (SSSR count). The number of benzene rings is 3. The van der Waals surface area contributed by atoms with Crippen LogP contribution >= 0.6 is 34.8 Å². The lowest BCUT2D eigenvalue weighted by atomic mass is 10.2. The van der Waals surface area contributed by atoms with E-state index in [1.807, 2.05) is 0 Å².